The van der Waals surface area contributed by atoms with Crippen molar-refractivity contribution >= 4 is 17.6 Å². The van der Waals surface area contributed by atoms with Crippen LogP contribution in [0.5, 0.6) is 0 Å². The molecule has 202 valence electrons. The van der Waals surface area contributed by atoms with Crippen LogP contribution in [0.4, 0.5) is 0 Å². The molecule has 2 amide bonds. The van der Waals surface area contributed by atoms with Crippen molar-refractivity contribution in [1.29, 1.82) is 0 Å². The molecular formula is C29H41N3O5. The van der Waals surface area contributed by atoms with Crippen LogP contribution in [0.1, 0.15) is 74.7 Å². The van der Waals surface area contributed by atoms with Crippen LogP contribution < -0.4 is 5.32 Å². The Hall–Kier alpha value is -2.29. The Kier molecular flexibility index (Phi) is 7.44. The molecule has 4 aliphatic rings. The summed E-state index contributed by atoms with van der Waals surface area (Å²) in [7, 11) is 1.56. The Morgan fingerprint density at radius 3 is 2.32 bits per heavy atom. The highest BCUT2D eigenvalue weighted by Crippen LogP contribution is 2.34. The van der Waals surface area contributed by atoms with Gasteiger partial charge in [0.25, 0.3) is 5.91 Å². The van der Waals surface area contributed by atoms with E-state index in [0.29, 0.717) is 11.5 Å². The van der Waals surface area contributed by atoms with Crippen LogP contribution in [0.15, 0.2) is 24.3 Å². The summed E-state index contributed by atoms with van der Waals surface area (Å²) in [6.45, 7) is 8.33. The first kappa shape index (κ1) is 26.3. The molecule has 4 atom stereocenters. The van der Waals surface area contributed by atoms with E-state index in [2.05, 4.69) is 22.3 Å². The number of methoxy groups -OCH3 is 1. The van der Waals surface area contributed by atoms with Crippen molar-refractivity contribution in [3.05, 3.63) is 35.4 Å². The third-order valence-electron chi connectivity index (χ3n) is 8.88. The van der Waals surface area contributed by atoms with Gasteiger partial charge >= 0.3 is 0 Å². The first-order chi connectivity index (χ1) is 17.7. The number of nitrogens with one attached hydrogen (secondary N) is 1. The maximum atomic E-state index is 13.7. The lowest BCUT2D eigenvalue weighted by Gasteiger charge is -2.42. The average molecular weight is 512 g/mol. The van der Waals surface area contributed by atoms with Gasteiger partial charge in [0.15, 0.2) is 5.78 Å². The van der Waals surface area contributed by atoms with E-state index in [9.17, 15) is 14.4 Å². The SMILES string of the molecule is CO[C@@H]1CN(C(=O)[C@@H](NC(=O)c2ccc(C3CCN(C4CCC4)CC3)cc2)C(C)(C)C)[C@@H]2C(=O)CO[C@@H]21. The Morgan fingerprint density at radius 1 is 1.08 bits per heavy atom. The second kappa shape index (κ2) is 10.5. The molecule has 5 rings (SSSR count). The number of benzene rings is 1. The van der Waals surface area contributed by atoms with E-state index >= 15 is 0 Å². The summed E-state index contributed by atoms with van der Waals surface area (Å²) in [5.41, 5.74) is 1.26. The summed E-state index contributed by atoms with van der Waals surface area (Å²) in [5, 5.41) is 2.98. The van der Waals surface area contributed by atoms with Crippen molar-refractivity contribution in [1.82, 2.24) is 15.1 Å². The molecule has 0 spiro atoms. The predicted molar refractivity (Wildman–Crippen MR) is 139 cm³/mol. The number of rotatable bonds is 6. The lowest BCUT2D eigenvalue weighted by atomic mass is 9.84. The zero-order valence-corrected chi connectivity index (χ0v) is 22.6. The van der Waals surface area contributed by atoms with Crippen LogP contribution in [0.3, 0.4) is 0 Å². The average Bonchev–Trinajstić information content (AvgIpc) is 3.41. The van der Waals surface area contributed by atoms with Crippen molar-refractivity contribution in [3.8, 4) is 0 Å². The molecule has 3 saturated heterocycles. The fourth-order valence-corrected chi connectivity index (χ4v) is 6.33. The van der Waals surface area contributed by atoms with Crippen LogP contribution in [-0.4, -0.2) is 91.1 Å². The topological polar surface area (TPSA) is 88.2 Å². The molecule has 1 aromatic carbocycles. The molecule has 8 heteroatoms. The van der Waals surface area contributed by atoms with E-state index < -0.39 is 23.6 Å². The number of ketones is 1. The van der Waals surface area contributed by atoms with Gasteiger partial charge in [-0.3, -0.25) is 14.4 Å². The number of likely N-dealkylation sites (tertiary alicyclic amines) is 2. The highest BCUT2D eigenvalue weighted by Gasteiger charge is 2.54. The smallest absolute Gasteiger partial charge is 0.251 e. The quantitative estimate of drug-likeness (QED) is 0.632. The maximum absolute atomic E-state index is 13.7. The second-order valence-corrected chi connectivity index (χ2v) is 12.2. The Balaban J connectivity index is 1.24. The molecular weight excluding hydrogens is 470 g/mol. The molecule has 0 radical (unpaired) electrons. The summed E-state index contributed by atoms with van der Waals surface area (Å²) in [6.07, 6.45) is 5.58. The van der Waals surface area contributed by atoms with Crippen molar-refractivity contribution in [3.63, 3.8) is 0 Å². The Bertz CT molecular complexity index is 1010. The number of Topliss-reactive ketones (excluding diaryl/α,β-unsaturated/α-hetero) is 1. The summed E-state index contributed by atoms with van der Waals surface area (Å²) in [4.78, 5) is 43.7. The lowest BCUT2D eigenvalue weighted by molar-refractivity contribution is -0.140. The molecule has 1 N–H and O–H groups in total. The molecule has 8 nitrogen and oxygen atoms in total. The van der Waals surface area contributed by atoms with E-state index in [4.69, 9.17) is 9.47 Å². The van der Waals surface area contributed by atoms with Gasteiger partial charge in [-0.1, -0.05) is 39.3 Å². The highest BCUT2D eigenvalue weighted by molar-refractivity contribution is 5.99. The number of hydrogen-bond donors (Lipinski definition) is 1. The fraction of sp³-hybridized carbons (Fsp3) is 0.690. The minimum absolute atomic E-state index is 0.0164. The summed E-state index contributed by atoms with van der Waals surface area (Å²) in [5.74, 6) is -0.150. The van der Waals surface area contributed by atoms with Crippen molar-refractivity contribution in [2.45, 2.75) is 89.1 Å². The molecule has 1 saturated carbocycles. The zero-order valence-electron chi connectivity index (χ0n) is 22.6. The number of nitrogens with zero attached hydrogens (tertiary/aromatic N) is 2. The van der Waals surface area contributed by atoms with Gasteiger partial charge in [-0.2, -0.15) is 0 Å². The lowest BCUT2D eigenvalue weighted by Crippen LogP contribution is -2.57. The maximum Gasteiger partial charge on any atom is 0.251 e. The van der Waals surface area contributed by atoms with Gasteiger partial charge in [0.05, 0.1) is 6.54 Å². The van der Waals surface area contributed by atoms with Crippen LogP contribution in [0, 0.1) is 5.41 Å². The van der Waals surface area contributed by atoms with Crippen LogP contribution in [0.25, 0.3) is 0 Å². The van der Waals surface area contributed by atoms with Crippen LogP contribution in [0.2, 0.25) is 0 Å². The van der Waals surface area contributed by atoms with E-state index in [1.54, 1.807) is 12.0 Å². The molecule has 0 unspecified atom stereocenters. The van der Waals surface area contributed by atoms with E-state index in [1.807, 2.05) is 32.9 Å². The zero-order chi connectivity index (χ0) is 26.3. The summed E-state index contributed by atoms with van der Waals surface area (Å²) in [6, 6.07) is 7.22. The standard InChI is InChI=1S/C29H41N3O5/c1-29(2,3)26(28(35)32-16-23(36-4)25-24(32)22(33)17-37-25)30-27(34)20-10-8-18(9-11-20)19-12-14-31(15-13-19)21-6-5-7-21/h8-11,19,21,23-26H,5-7,12-17H2,1-4H3,(H,30,34)/t23-,24-,25-,26-/m1/s1. The number of fused-ring (bicyclic) bond motifs is 1. The molecule has 0 bridgehead atoms. The normalized spacial score (nSPS) is 28.2. The molecule has 3 heterocycles. The van der Waals surface area contributed by atoms with Crippen molar-refractivity contribution < 1.29 is 23.9 Å². The van der Waals surface area contributed by atoms with Gasteiger partial charge < -0.3 is 24.6 Å². The van der Waals surface area contributed by atoms with E-state index in [1.165, 1.54) is 24.8 Å². The van der Waals surface area contributed by atoms with Crippen molar-refractivity contribution in [2.24, 2.45) is 5.41 Å². The van der Waals surface area contributed by atoms with Gasteiger partial charge in [-0.25, -0.2) is 0 Å². The largest absolute Gasteiger partial charge is 0.377 e. The molecule has 0 aromatic heterocycles. The first-order valence-electron chi connectivity index (χ1n) is 13.8. The number of ether oxygens (including phenoxy) is 2. The number of amides is 2. The molecule has 1 aromatic rings. The Labute approximate surface area is 220 Å². The molecule has 4 fully saturated rings. The van der Waals surface area contributed by atoms with E-state index in [-0.39, 0.29) is 36.9 Å². The van der Waals surface area contributed by atoms with Gasteiger partial charge in [0, 0.05) is 18.7 Å². The second-order valence-electron chi connectivity index (χ2n) is 12.2. The number of piperidine rings is 1. The summed E-state index contributed by atoms with van der Waals surface area (Å²) < 4.78 is 11.1. The minimum Gasteiger partial charge on any atom is -0.377 e. The predicted octanol–water partition coefficient (Wildman–Crippen LogP) is 2.76. The van der Waals surface area contributed by atoms with Crippen molar-refractivity contribution in [2.75, 3.05) is 33.4 Å². The van der Waals surface area contributed by atoms with Gasteiger partial charge in [-0.15, -0.1) is 0 Å². The van der Waals surface area contributed by atoms with Crippen LogP contribution >= 0.6 is 0 Å². The van der Waals surface area contributed by atoms with E-state index in [0.717, 1.165) is 32.0 Å². The van der Waals surface area contributed by atoms with Gasteiger partial charge in [-0.05, 0) is 67.8 Å². The van der Waals surface area contributed by atoms with Gasteiger partial charge in [0.2, 0.25) is 5.91 Å². The highest BCUT2D eigenvalue weighted by atomic mass is 16.5. The molecule has 37 heavy (non-hydrogen) atoms. The number of carbonyl (C=O) groups excluding carboxylic acids is 3. The van der Waals surface area contributed by atoms with Gasteiger partial charge in [0.1, 0.15) is 30.9 Å². The summed E-state index contributed by atoms with van der Waals surface area (Å²) >= 11 is 0. The van der Waals surface area contributed by atoms with Crippen LogP contribution in [-0.2, 0) is 19.1 Å². The minimum atomic E-state index is -0.792. The fourth-order valence-electron chi connectivity index (χ4n) is 6.33. The Morgan fingerprint density at radius 2 is 1.76 bits per heavy atom. The number of carbonyl (C=O) groups is 3. The monoisotopic (exact) mass is 511 g/mol. The third-order valence-corrected chi connectivity index (χ3v) is 8.88. The number of hydrogen-bond acceptors (Lipinski definition) is 6. The molecule has 3 aliphatic heterocycles. The molecule has 1 aliphatic carbocycles. The first-order valence-corrected chi connectivity index (χ1v) is 13.8. The third kappa shape index (κ3) is 5.20.